The predicted molar refractivity (Wildman–Crippen MR) is 81.0 cm³/mol. The number of anilines is 1. The highest BCUT2D eigenvalue weighted by Crippen LogP contribution is 2.35. The number of aryl methyl sites for hydroxylation is 1. The van der Waals surface area contributed by atoms with E-state index < -0.39 is 0 Å². The lowest BCUT2D eigenvalue weighted by molar-refractivity contribution is 1.13. The van der Waals surface area contributed by atoms with E-state index in [1.165, 1.54) is 0 Å². The topological polar surface area (TPSA) is 3.24 Å². The van der Waals surface area contributed by atoms with Gasteiger partial charge in [0.25, 0.3) is 0 Å². The van der Waals surface area contributed by atoms with Gasteiger partial charge in [-0.2, -0.15) is 0 Å². The normalized spacial score (nSPS) is 10.5. The fourth-order valence-electron chi connectivity index (χ4n) is 1.84. The van der Waals surface area contributed by atoms with Crippen LogP contribution in [0.5, 0.6) is 0 Å². The summed E-state index contributed by atoms with van der Waals surface area (Å²) in [6.45, 7) is 2.02. The summed E-state index contributed by atoms with van der Waals surface area (Å²) in [7, 11) is 3.98. The Morgan fingerprint density at radius 1 is 0.833 bits per heavy atom. The molecular weight excluding hydrogens is 265 g/mol. The van der Waals surface area contributed by atoms with Crippen LogP contribution in [0.1, 0.15) is 5.56 Å². The minimum absolute atomic E-state index is 0.715. The van der Waals surface area contributed by atoms with Crippen LogP contribution in [0.4, 0.5) is 5.69 Å². The zero-order valence-corrected chi connectivity index (χ0v) is 12.2. The predicted octanol–water partition coefficient (Wildman–Crippen LogP) is 5.03. The molecule has 1 nitrogen and oxygen atoms in total. The standard InChI is InChI=1S/C15H15Cl2N/c1-10-4-6-12(14(16)8-10)13-7-5-11(18(2)3)9-15(13)17/h4-9H,1-3H3. The van der Waals surface area contributed by atoms with Crippen molar-refractivity contribution in [2.75, 3.05) is 19.0 Å². The van der Waals surface area contributed by atoms with E-state index in [1.807, 2.05) is 62.3 Å². The molecule has 0 aliphatic rings. The van der Waals surface area contributed by atoms with E-state index in [4.69, 9.17) is 23.2 Å². The molecule has 18 heavy (non-hydrogen) atoms. The maximum Gasteiger partial charge on any atom is 0.0505 e. The van der Waals surface area contributed by atoms with Crippen LogP contribution in [0.15, 0.2) is 36.4 Å². The largest absolute Gasteiger partial charge is 0.378 e. The molecule has 2 aromatic rings. The second kappa shape index (κ2) is 5.21. The van der Waals surface area contributed by atoms with E-state index >= 15 is 0 Å². The van der Waals surface area contributed by atoms with Crippen molar-refractivity contribution in [1.29, 1.82) is 0 Å². The molecule has 2 rings (SSSR count). The summed E-state index contributed by atoms with van der Waals surface area (Å²) in [5.74, 6) is 0. The van der Waals surface area contributed by atoms with Crippen molar-refractivity contribution in [3.63, 3.8) is 0 Å². The molecule has 0 N–H and O–H groups in total. The van der Waals surface area contributed by atoms with Gasteiger partial charge in [0, 0.05) is 35.9 Å². The van der Waals surface area contributed by atoms with E-state index in [1.54, 1.807) is 0 Å². The van der Waals surface area contributed by atoms with E-state index in [0.717, 1.165) is 27.4 Å². The van der Waals surface area contributed by atoms with E-state index in [2.05, 4.69) is 0 Å². The van der Waals surface area contributed by atoms with Crippen LogP contribution in [-0.4, -0.2) is 14.1 Å². The molecule has 0 spiro atoms. The van der Waals surface area contributed by atoms with Gasteiger partial charge in [-0.1, -0.05) is 41.4 Å². The lowest BCUT2D eigenvalue weighted by atomic mass is 10.0. The molecule has 0 atom stereocenters. The summed E-state index contributed by atoms with van der Waals surface area (Å²) < 4.78 is 0. The molecule has 0 aliphatic heterocycles. The van der Waals surface area contributed by atoms with Crippen LogP contribution < -0.4 is 4.90 Å². The molecular formula is C15H15Cl2N. The average molecular weight is 280 g/mol. The number of benzene rings is 2. The Morgan fingerprint density at radius 3 is 1.89 bits per heavy atom. The number of nitrogens with zero attached hydrogens (tertiary/aromatic N) is 1. The number of halogens is 2. The quantitative estimate of drug-likeness (QED) is 0.745. The van der Waals surface area contributed by atoms with E-state index in [9.17, 15) is 0 Å². The smallest absolute Gasteiger partial charge is 0.0505 e. The maximum atomic E-state index is 6.33. The summed E-state index contributed by atoms with van der Waals surface area (Å²) in [6.07, 6.45) is 0. The molecule has 0 aromatic heterocycles. The first-order chi connectivity index (χ1) is 8.49. The van der Waals surface area contributed by atoms with Crippen LogP contribution in [0.25, 0.3) is 11.1 Å². The SMILES string of the molecule is Cc1ccc(-c2ccc(N(C)C)cc2Cl)c(Cl)c1. The fourth-order valence-corrected chi connectivity index (χ4v) is 2.45. The van der Waals surface area contributed by atoms with Gasteiger partial charge in [-0.25, -0.2) is 0 Å². The summed E-state index contributed by atoms with van der Waals surface area (Å²) in [5, 5.41) is 1.45. The average Bonchev–Trinajstić information content (AvgIpc) is 2.30. The molecule has 0 heterocycles. The van der Waals surface area contributed by atoms with Gasteiger partial charge in [0.05, 0.1) is 5.02 Å². The van der Waals surface area contributed by atoms with Crippen molar-refractivity contribution in [3.8, 4) is 11.1 Å². The van der Waals surface area contributed by atoms with Gasteiger partial charge < -0.3 is 4.90 Å². The molecule has 3 heteroatoms. The van der Waals surface area contributed by atoms with Crippen molar-refractivity contribution in [2.45, 2.75) is 6.92 Å². The molecule has 0 bridgehead atoms. The van der Waals surface area contributed by atoms with E-state index in [-0.39, 0.29) is 0 Å². The summed E-state index contributed by atoms with van der Waals surface area (Å²) >= 11 is 12.6. The van der Waals surface area contributed by atoms with Crippen molar-refractivity contribution in [2.24, 2.45) is 0 Å². The minimum atomic E-state index is 0.715. The lowest BCUT2D eigenvalue weighted by Crippen LogP contribution is -2.08. The van der Waals surface area contributed by atoms with Gasteiger partial charge in [-0.3, -0.25) is 0 Å². The van der Waals surface area contributed by atoms with Crippen molar-refractivity contribution < 1.29 is 0 Å². The maximum absolute atomic E-state index is 6.33. The van der Waals surface area contributed by atoms with Gasteiger partial charge >= 0.3 is 0 Å². The van der Waals surface area contributed by atoms with Crippen molar-refractivity contribution >= 4 is 28.9 Å². The Morgan fingerprint density at radius 2 is 1.39 bits per heavy atom. The lowest BCUT2D eigenvalue weighted by Gasteiger charge is -2.15. The molecule has 0 saturated heterocycles. The number of hydrogen-bond acceptors (Lipinski definition) is 1. The van der Waals surface area contributed by atoms with Gasteiger partial charge in [-0.15, -0.1) is 0 Å². The monoisotopic (exact) mass is 279 g/mol. The molecule has 0 saturated carbocycles. The first-order valence-corrected chi connectivity index (χ1v) is 6.48. The number of rotatable bonds is 2. The van der Waals surface area contributed by atoms with Gasteiger partial charge in [-0.05, 0) is 30.7 Å². The van der Waals surface area contributed by atoms with Crippen LogP contribution in [0.3, 0.4) is 0 Å². The fraction of sp³-hybridized carbons (Fsp3) is 0.200. The molecule has 0 unspecified atom stereocenters. The molecule has 0 fully saturated rings. The molecule has 0 aliphatic carbocycles. The third-order valence-electron chi connectivity index (χ3n) is 2.88. The van der Waals surface area contributed by atoms with Crippen molar-refractivity contribution in [1.82, 2.24) is 0 Å². The zero-order valence-electron chi connectivity index (χ0n) is 10.7. The third kappa shape index (κ3) is 2.63. The highest BCUT2D eigenvalue weighted by Gasteiger charge is 2.09. The summed E-state index contributed by atoms with van der Waals surface area (Å²) in [5.41, 5.74) is 4.15. The van der Waals surface area contributed by atoms with Crippen LogP contribution in [0, 0.1) is 6.92 Å². The van der Waals surface area contributed by atoms with Crippen molar-refractivity contribution in [3.05, 3.63) is 52.0 Å². The Hall–Kier alpha value is -1.18. The zero-order chi connectivity index (χ0) is 13.3. The Balaban J connectivity index is 2.51. The summed E-state index contributed by atoms with van der Waals surface area (Å²) in [4.78, 5) is 2.02. The molecule has 0 amide bonds. The minimum Gasteiger partial charge on any atom is -0.378 e. The summed E-state index contributed by atoms with van der Waals surface area (Å²) in [6, 6.07) is 12.0. The second-order valence-electron chi connectivity index (χ2n) is 4.54. The van der Waals surface area contributed by atoms with Crippen LogP contribution in [0.2, 0.25) is 10.0 Å². The Kier molecular flexibility index (Phi) is 3.84. The molecule has 2 aromatic carbocycles. The third-order valence-corrected chi connectivity index (χ3v) is 3.51. The van der Waals surface area contributed by atoms with Gasteiger partial charge in [0.15, 0.2) is 0 Å². The van der Waals surface area contributed by atoms with Gasteiger partial charge in [0.1, 0.15) is 0 Å². The first-order valence-electron chi connectivity index (χ1n) is 5.72. The van der Waals surface area contributed by atoms with Crippen LogP contribution >= 0.6 is 23.2 Å². The van der Waals surface area contributed by atoms with Crippen LogP contribution in [-0.2, 0) is 0 Å². The highest BCUT2D eigenvalue weighted by molar-refractivity contribution is 6.36. The number of hydrogen-bond donors (Lipinski definition) is 0. The first kappa shape index (κ1) is 13.3. The van der Waals surface area contributed by atoms with Gasteiger partial charge in [0.2, 0.25) is 0 Å². The second-order valence-corrected chi connectivity index (χ2v) is 5.36. The molecule has 94 valence electrons. The Bertz CT molecular complexity index is 577. The highest BCUT2D eigenvalue weighted by atomic mass is 35.5. The Labute approximate surface area is 118 Å². The molecule has 0 radical (unpaired) electrons. The van der Waals surface area contributed by atoms with E-state index in [0.29, 0.717) is 5.02 Å².